The Kier molecular flexibility index (Phi) is 9.43. The Hall–Kier alpha value is -0.220. The van der Waals surface area contributed by atoms with Crippen molar-refractivity contribution in [3.05, 3.63) is 0 Å². The largest absolute Gasteiger partial charge is 0.355 e. The Bertz CT molecular complexity index is 586. The highest BCUT2D eigenvalue weighted by Gasteiger charge is 2.40. The lowest BCUT2D eigenvalue weighted by Crippen LogP contribution is -2.58. The molecule has 2 saturated carbocycles. The summed E-state index contributed by atoms with van der Waals surface area (Å²) in [5.74, 6) is 4.12. The van der Waals surface area contributed by atoms with Gasteiger partial charge in [-0.2, -0.15) is 11.8 Å². The van der Waals surface area contributed by atoms with Gasteiger partial charge in [0.05, 0.1) is 0 Å². The van der Waals surface area contributed by atoms with E-state index in [1.807, 2.05) is 7.05 Å². The van der Waals surface area contributed by atoms with Gasteiger partial charge < -0.3 is 15.5 Å². The molecule has 1 atom stereocenters. The Morgan fingerprint density at radius 3 is 2.43 bits per heavy atom. The number of rotatable bonds is 5. The van der Waals surface area contributed by atoms with Crippen molar-refractivity contribution in [2.24, 2.45) is 10.9 Å². The van der Waals surface area contributed by atoms with Crippen molar-refractivity contribution < 1.29 is 4.79 Å². The molecule has 0 aromatic heterocycles. The van der Waals surface area contributed by atoms with Crippen LogP contribution in [0, 0.1) is 5.92 Å². The van der Waals surface area contributed by atoms with Crippen LogP contribution in [0.1, 0.15) is 57.8 Å². The second kappa shape index (κ2) is 11.6. The lowest BCUT2D eigenvalue weighted by atomic mass is 9.94. The molecule has 2 aliphatic carbocycles. The fraction of sp³-hybridized carbons (Fsp3) is 0.909. The Morgan fingerprint density at radius 2 is 1.77 bits per heavy atom. The highest BCUT2D eigenvalue weighted by atomic mass is 127. The number of carbonyl (C=O) groups excluding carboxylic acids is 1. The van der Waals surface area contributed by atoms with Gasteiger partial charge in [-0.3, -0.25) is 14.7 Å². The fourth-order valence-electron chi connectivity index (χ4n) is 5.82. The molecule has 2 heterocycles. The fourth-order valence-corrected chi connectivity index (χ4v) is 6.72. The number of hydrogen-bond donors (Lipinski definition) is 2. The second-order valence-corrected chi connectivity index (χ2v) is 10.6. The Balaban J connectivity index is 0.00000256. The molecule has 1 unspecified atom stereocenters. The summed E-state index contributed by atoms with van der Waals surface area (Å²) >= 11 is 2.09. The molecule has 0 radical (unpaired) electrons. The van der Waals surface area contributed by atoms with Crippen LogP contribution >= 0.6 is 35.7 Å². The van der Waals surface area contributed by atoms with E-state index in [2.05, 4.69) is 37.2 Å². The highest BCUT2D eigenvalue weighted by Crippen LogP contribution is 2.36. The molecule has 2 N–H and O–H groups in total. The summed E-state index contributed by atoms with van der Waals surface area (Å²) in [5.41, 5.74) is 0.304. The number of guanidine groups is 1. The van der Waals surface area contributed by atoms with Gasteiger partial charge in [0, 0.05) is 68.8 Å². The number of aliphatic imine (C=N–C) groups is 1. The molecule has 2 aliphatic heterocycles. The number of halogens is 1. The normalized spacial score (nSPS) is 27.8. The summed E-state index contributed by atoms with van der Waals surface area (Å²) in [5, 5.41) is 7.27. The van der Waals surface area contributed by atoms with E-state index >= 15 is 0 Å². The number of likely N-dealkylation sites (tertiary alicyclic amines) is 1. The average Bonchev–Trinajstić information content (AvgIpc) is 3.53. The van der Waals surface area contributed by atoms with Crippen LogP contribution in [0.25, 0.3) is 0 Å². The van der Waals surface area contributed by atoms with E-state index in [0.717, 1.165) is 44.9 Å². The van der Waals surface area contributed by atoms with Gasteiger partial charge in [-0.25, -0.2) is 0 Å². The molecule has 0 aromatic rings. The van der Waals surface area contributed by atoms with Gasteiger partial charge in [-0.15, -0.1) is 24.0 Å². The molecular formula is C22H40IN5OS. The van der Waals surface area contributed by atoms with Gasteiger partial charge in [0.25, 0.3) is 0 Å². The van der Waals surface area contributed by atoms with Crippen molar-refractivity contribution in [1.29, 1.82) is 0 Å². The quantitative estimate of drug-likeness (QED) is 0.314. The lowest BCUT2D eigenvalue weighted by molar-refractivity contribution is -0.134. The monoisotopic (exact) mass is 549 g/mol. The molecule has 4 rings (SSSR count). The van der Waals surface area contributed by atoms with E-state index in [4.69, 9.17) is 0 Å². The SMILES string of the molecule is CN=C(NCC1(N2CCSCC2)CCCC1)NC1CCN(C(=O)C2CCCC2)C1.I. The minimum absolute atomic E-state index is 0. The third-order valence-electron chi connectivity index (χ3n) is 7.57. The molecule has 4 fully saturated rings. The highest BCUT2D eigenvalue weighted by molar-refractivity contribution is 14.0. The maximum absolute atomic E-state index is 12.7. The third-order valence-corrected chi connectivity index (χ3v) is 8.51. The van der Waals surface area contributed by atoms with E-state index in [1.54, 1.807) is 0 Å². The van der Waals surface area contributed by atoms with Crippen LogP contribution in [0.5, 0.6) is 0 Å². The first-order chi connectivity index (χ1) is 14.2. The van der Waals surface area contributed by atoms with Gasteiger partial charge in [0.1, 0.15) is 0 Å². The molecule has 30 heavy (non-hydrogen) atoms. The predicted octanol–water partition coefficient (Wildman–Crippen LogP) is 2.92. The van der Waals surface area contributed by atoms with Gasteiger partial charge in [-0.1, -0.05) is 25.7 Å². The van der Waals surface area contributed by atoms with Crippen molar-refractivity contribution in [2.45, 2.75) is 69.4 Å². The van der Waals surface area contributed by atoms with Crippen LogP contribution in [0.15, 0.2) is 4.99 Å². The molecule has 6 nitrogen and oxygen atoms in total. The third kappa shape index (κ3) is 5.77. The van der Waals surface area contributed by atoms with Gasteiger partial charge in [-0.05, 0) is 32.1 Å². The van der Waals surface area contributed by atoms with Crippen LogP contribution in [-0.4, -0.2) is 84.5 Å². The number of hydrogen-bond acceptors (Lipinski definition) is 4. The molecule has 0 aromatic carbocycles. The summed E-state index contributed by atoms with van der Waals surface area (Å²) in [7, 11) is 1.87. The number of thioether (sulfide) groups is 1. The van der Waals surface area contributed by atoms with Crippen molar-refractivity contribution >= 4 is 47.6 Å². The van der Waals surface area contributed by atoms with E-state index in [1.165, 1.54) is 63.1 Å². The standard InChI is InChI=1S/C22H39N5OS.HI/c1-23-21(24-17-22(9-4-5-10-22)27-12-14-29-15-13-27)25-19-8-11-26(16-19)20(28)18-6-2-3-7-18;/h18-19H,2-17H2,1H3,(H2,23,24,25);1H. The molecule has 0 bridgehead atoms. The molecule has 4 aliphatic rings. The van der Waals surface area contributed by atoms with Crippen molar-refractivity contribution in [2.75, 3.05) is 51.3 Å². The van der Waals surface area contributed by atoms with E-state index < -0.39 is 0 Å². The van der Waals surface area contributed by atoms with Crippen molar-refractivity contribution in [3.8, 4) is 0 Å². The zero-order chi connectivity index (χ0) is 20.1. The predicted molar refractivity (Wildman–Crippen MR) is 137 cm³/mol. The summed E-state index contributed by atoms with van der Waals surface area (Å²) in [4.78, 5) is 22.0. The van der Waals surface area contributed by atoms with Crippen LogP contribution in [0.3, 0.4) is 0 Å². The zero-order valence-electron chi connectivity index (χ0n) is 18.5. The first kappa shape index (κ1) is 24.4. The van der Waals surface area contributed by atoms with Crippen LogP contribution < -0.4 is 10.6 Å². The number of amides is 1. The number of nitrogens with one attached hydrogen (secondary N) is 2. The van der Waals surface area contributed by atoms with Gasteiger partial charge >= 0.3 is 0 Å². The van der Waals surface area contributed by atoms with E-state index in [-0.39, 0.29) is 29.9 Å². The molecule has 2 saturated heterocycles. The molecular weight excluding hydrogens is 509 g/mol. The molecule has 0 spiro atoms. The topological polar surface area (TPSA) is 60.0 Å². The lowest BCUT2D eigenvalue weighted by Gasteiger charge is -2.43. The van der Waals surface area contributed by atoms with Gasteiger partial charge in [0.2, 0.25) is 5.91 Å². The zero-order valence-corrected chi connectivity index (χ0v) is 21.7. The van der Waals surface area contributed by atoms with E-state index in [0.29, 0.717) is 17.5 Å². The van der Waals surface area contributed by atoms with Gasteiger partial charge in [0.15, 0.2) is 5.96 Å². The van der Waals surface area contributed by atoms with Crippen molar-refractivity contribution in [1.82, 2.24) is 20.4 Å². The minimum atomic E-state index is 0. The first-order valence-electron chi connectivity index (χ1n) is 11.8. The molecule has 172 valence electrons. The van der Waals surface area contributed by atoms with Crippen LogP contribution in [-0.2, 0) is 4.79 Å². The second-order valence-electron chi connectivity index (χ2n) is 9.35. The van der Waals surface area contributed by atoms with Crippen molar-refractivity contribution in [3.63, 3.8) is 0 Å². The smallest absolute Gasteiger partial charge is 0.225 e. The molecule has 1 amide bonds. The summed E-state index contributed by atoms with van der Waals surface area (Å²) in [6, 6.07) is 0.317. The first-order valence-corrected chi connectivity index (χ1v) is 12.9. The maximum atomic E-state index is 12.7. The maximum Gasteiger partial charge on any atom is 0.225 e. The Morgan fingerprint density at radius 1 is 1.07 bits per heavy atom. The number of carbonyl (C=O) groups is 1. The summed E-state index contributed by atoms with van der Waals surface area (Å²) in [6.45, 7) is 5.14. The number of nitrogens with zero attached hydrogens (tertiary/aromatic N) is 3. The molecule has 8 heteroatoms. The van der Waals surface area contributed by atoms with E-state index in [9.17, 15) is 4.79 Å². The Labute approximate surface area is 203 Å². The summed E-state index contributed by atoms with van der Waals surface area (Å²) < 4.78 is 0. The van der Waals surface area contributed by atoms with Crippen LogP contribution in [0.4, 0.5) is 0 Å². The van der Waals surface area contributed by atoms with Crippen LogP contribution in [0.2, 0.25) is 0 Å². The average molecular weight is 550 g/mol. The summed E-state index contributed by atoms with van der Waals surface area (Å²) in [6.07, 6.45) is 10.9. The minimum Gasteiger partial charge on any atom is -0.355 e.